The Labute approximate surface area is 91.5 Å². The van der Waals surface area contributed by atoms with Crippen molar-refractivity contribution in [3.8, 4) is 0 Å². The summed E-state index contributed by atoms with van der Waals surface area (Å²) in [6.07, 6.45) is 4.10. The standard InChI is InChI=1S/C13H19NO/c1-14(2)12-7-5-6-11(10-12)13(15)8-3-4-9-13/h5-7,10,15H,3-4,8-9H2,1-2H3. The monoisotopic (exact) mass is 205 g/mol. The molecule has 0 unspecified atom stereocenters. The lowest BCUT2D eigenvalue weighted by molar-refractivity contribution is 0.0445. The maximum Gasteiger partial charge on any atom is 0.0897 e. The van der Waals surface area contributed by atoms with E-state index in [2.05, 4.69) is 17.0 Å². The molecule has 0 spiro atoms. The van der Waals surface area contributed by atoms with E-state index in [-0.39, 0.29) is 0 Å². The Morgan fingerprint density at radius 1 is 1.20 bits per heavy atom. The Balaban J connectivity index is 2.31. The van der Waals surface area contributed by atoms with E-state index in [1.54, 1.807) is 0 Å². The zero-order valence-corrected chi connectivity index (χ0v) is 9.53. The molecule has 2 nitrogen and oxygen atoms in total. The number of hydrogen-bond donors (Lipinski definition) is 1. The van der Waals surface area contributed by atoms with E-state index in [1.807, 2.05) is 26.2 Å². The molecule has 1 fully saturated rings. The molecular formula is C13H19NO. The zero-order chi connectivity index (χ0) is 10.9. The van der Waals surface area contributed by atoms with Gasteiger partial charge in [0.15, 0.2) is 0 Å². The Hall–Kier alpha value is -1.02. The van der Waals surface area contributed by atoms with Gasteiger partial charge in [-0.2, -0.15) is 0 Å². The van der Waals surface area contributed by atoms with Gasteiger partial charge in [0, 0.05) is 19.8 Å². The van der Waals surface area contributed by atoms with Crippen molar-refractivity contribution in [3.63, 3.8) is 0 Å². The van der Waals surface area contributed by atoms with Gasteiger partial charge in [0.05, 0.1) is 5.60 Å². The maximum atomic E-state index is 10.5. The topological polar surface area (TPSA) is 23.5 Å². The molecule has 1 aromatic rings. The minimum Gasteiger partial charge on any atom is -0.385 e. The average molecular weight is 205 g/mol. The van der Waals surface area contributed by atoms with Crippen molar-refractivity contribution >= 4 is 5.69 Å². The summed E-state index contributed by atoms with van der Waals surface area (Å²) in [5, 5.41) is 10.5. The Bertz CT molecular complexity index is 340. The highest BCUT2D eigenvalue weighted by Gasteiger charge is 2.32. The van der Waals surface area contributed by atoms with Crippen molar-refractivity contribution in [1.82, 2.24) is 0 Å². The normalized spacial score (nSPS) is 19.1. The van der Waals surface area contributed by atoms with Crippen LogP contribution < -0.4 is 4.90 Å². The molecule has 1 aliphatic carbocycles. The molecule has 0 aliphatic heterocycles. The smallest absolute Gasteiger partial charge is 0.0897 e. The van der Waals surface area contributed by atoms with E-state index < -0.39 is 5.60 Å². The lowest BCUT2D eigenvalue weighted by Gasteiger charge is -2.24. The SMILES string of the molecule is CN(C)c1cccc(C2(O)CCCC2)c1. The predicted octanol–water partition coefficient (Wildman–Crippen LogP) is 2.51. The van der Waals surface area contributed by atoms with Crippen LogP contribution in [-0.4, -0.2) is 19.2 Å². The van der Waals surface area contributed by atoms with Crippen LogP contribution in [0.5, 0.6) is 0 Å². The molecule has 2 heteroatoms. The third-order valence-electron chi connectivity index (χ3n) is 3.33. The average Bonchev–Trinajstić information content (AvgIpc) is 2.67. The van der Waals surface area contributed by atoms with Crippen LogP contribution in [0.15, 0.2) is 24.3 Å². The van der Waals surface area contributed by atoms with Gasteiger partial charge < -0.3 is 10.0 Å². The Kier molecular flexibility index (Phi) is 2.70. The summed E-state index contributed by atoms with van der Waals surface area (Å²) in [5.41, 5.74) is 1.67. The van der Waals surface area contributed by atoms with Crippen LogP contribution in [0.4, 0.5) is 5.69 Å². The molecule has 0 heterocycles. The van der Waals surface area contributed by atoms with Gasteiger partial charge in [-0.15, -0.1) is 0 Å². The maximum absolute atomic E-state index is 10.5. The summed E-state index contributed by atoms with van der Waals surface area (Å²) in [6, 6.07) is 8.24. The molecule has 15 heavy (non-hydrogen) atoms. The van der Waals surface area contributed by atoms with Gasteiger partial charge in [0.1, 0.15) is 0 Å². The number of hydrogen-bond acceptors (Lipinski definition) is 2. The van der Waals surface area contributed by atoms with E-state index >= 15 is 0 Å². The summed E-state index contributed by atoms with van der Waals surface area (Å²) in [7, 11) is 4.05. The third-order valence-corrected chi connectivity index (χ3v) is 3.33. The number of nitrogens with zero attached hydrogens (tertiary/aromatic N) is 1. The van der Waals surface area contributed by atoms with Crippen LogP contribution in [0.25, 0.3) is 0 Å². The predicted molar refractivity (Wildman–Crippen MR) is 63.1 cm³/mol. The van der Waals surface area contributed by atoms with Crippen LogP contribution >= 0.6 is 0 Å². The van der Waals surface area contributed by atoms with Crippen molar-refractivity contribution in [2.24, 2.45) is 0 Å². The van der Waals surface area contributed by atoms with E-state index in [0.29, 0.717) is 0 Å². The molecular weight excluding hydrogens is 186 g/mol. The second kappa shape index (κ2) is 3.86. The van der Waals surface area contributed by atoms with Gasteiger partial charge in [-0.05, 0) is 30.5 Å². The summed E-state index contributed by atoms with van der Waals surface area (Å²) >= 11 is 0. The van der Waals surface area contributed by atoms with Gasteiger partial charge >= 0.3 is 0 Å². The molecule has 0 saturated heterocycles. The van der Waals surface area contributed by atoms with E-state index in [9.17, 15) is 5.11 Å². The Morgan fingerprint density at radius 2 is 1.87 bits per heavy atom. The van der Waals surface area contributed by atoms with Gasteiger partial charge in [-0.3, -0.25) is 0 Å². The van der Waals surface area contributed by atoms with E-state index in [0.717, 1.165) is 36.9 Å². The van der Waals surface area contributed by atoms with Crippen molar-refractivity contribution in [3.05, 3.63) is 29.8 Å². The lowest BCUT2D eigenvalue weighted by atomic mass is 9.92. The second-order valence-electron chi connectivity index (χ2n) is 4.68. The first kappa shape index (κ1) is 10.5. The highest BCUT2D eigenvalue weighted by molar-refractivity contribution is 5.48. The number of benzene rings is 1. The fourth-order valence-electron chi connectivity index (χ4n) is 2.32. The summed E-state index contributed by atoms with van der Waals surface area (Å²) in [5.74, 6) is 0. The quantitative estimate of drug-likeness (QED) is 0.802. The van der Waals surface area contributed by atoms with Gasteiger partial charge in [-0.1, -0.05) is 25.0 Å². The van der Waals surface area contributed by atoms with E-state index in [1.165, 1.54) is 0 Å². The molecule has 0 radical (unpaired) electrons. The minimum atomic E-state index is -0.563. The molecule has 0 aromatic heterocycles. The van der Waals surface area contributed by atoms with Crippen LogP contribution in [-0.2, 0) is 5.60 Å². The fraction of sp³-hybridized carbons (Fsp3) is 0.538. The highest BCUT2D eigenvalue weighted by atomic mass is 16.3. The van der Waals surface area contributed by atoms with Crippen LogP contribution in [0, 0.1) is 0 Å². The zero-order valence-electron chi connectivity index (χ0n) is 9.53. The van der Waals surface area contributed by atoms with E-state index in [4.69, 9.17) is 0 Å². The summed E-state index contributed by atoms with van der Waals surface area (Å²) < 4.78 is 0. The molecule has 0 atom stereocenters. The van der Waals surface area contributed by atoms with Gasteiger partial charge in [-0.25, -0.2) is 0 Å². The molecule has 0 amide bonds. The third kappa shape index (κ3) is 2.00. The molecule has 1 N–H and O–H groups in total. The fourth-order valence-corrected chi connectivity index (χ4v) is 2.32. The minimum absolute atomic E-state index is 0.563. The number of anilines is 1. The Morgan fingerprint density at radius 3 is 2.47 bits per heavy atom. The molecule has 1 saturated carbocycles. The lowest BCUT2D eigenvalue weighted by Crippen LogP contribution is -2.21. The second-order valence-corrected chi connectivity index (χ2v) is 4.68. The largest absolute Gasteiger partial charge is 0.385 e. The molecule has 1 aromatic carbocycles. The van der Waals surface area contributed by atoms with Crippen LogP contribution in [0.3, 0.4) is 0 Å². The first-order valence-corrected chi connectivity index (χ1v) is 5.62. The first-order valence-electron chi connectivity index (χ1n) is 5.62. The first-order chi connectivity index (χ1) is 7.12. The van der Waals surface area contributed by atoms with Crippen molar-refractivity contribution in [2.75, 3.05) is 19.0 Å². The molecule has 2 rings (SSSR count). The molecule has 82 valence electrons. The number of rotatable bonds is 2. The van der Waals surface area contributed by atoms with Gasteiger partial charge in [0.2, 0.25) is 0 Å². The molecule has 1 aliphatic rings. The van der Waals surface area contributed by atoms with Crippen molar-refractivity contribution in [1.29, 1.82) is 0 Å². The van der Waals surface area contributed by atoms with Crippen molar-refractivity contribution in [2.45, 2.75) is 31.3 Å². The summed E-state index contributed by atoms with van der Waals surface area (Å²) in [6.45, 7) is 0. The highest BCUT2D eigenvalue weighted by Crippen LogP contribution is 2.39. The summed E-state index contributed by atoms with van der Waals surface area (Å²) in [4.78, 5) is 2.07. The molecule has 0 bridgehead atoms. The van der Waals surface area contributed by atoms with Crippen molar-refractivity contribution < 1.29 is 5.11 Å². The number of aliphatic hydroxyl groups is 1. The van der Waals surface area contributed by atoms with Gasteiger partial charge in [0.25, 0.3) is 0 Å². The van der Waals surface area contributed by atoms with Crippen LogP contribution in [0.1, 0.15) is 31.2 Å². The van der Waals surface area contributed by atoms with Crippen LogP contribution in [0.2, 0.25) is 0 Å².